The highest BCUT2D eigenvalue weighted by Crippen LogP contribution is 2.19. The van der Waals surface area contributed by atoms with Crippen LogP contribution in [0.1, 0.15) is 49.7 Å². The zero-order chi connectivity index (χ0) is 12.7. The highest BCUT2D eigenvalue weighted by atomic mass is 32.1. The van der Waals surface area contributed by atoms with Gasteiger partial charge in [-0.25, -0.2) is 4.98 Å². The second-order valence-corrected chi connectivity index (χ2v) is 5.74. The lowest BCUT2D eigenvalue weighted by atomic mass is 10.2. The van der Waals surface area contributed by atoms with E-state index in [9.17, 15) is 0 Å². The van der Waals surface area contributed by atoms with E-state index >= 15 is 0 Å². The number of hydrogen-bond donors (Lipinski definition) is 1. The summed E-state index contributed by atoms with van der Waals surface area (Å²) in [5, 5.41) is 12.1. The predicted octanol–water partition coefficient (Wildman–Crippen LogP) is 2.86. The van der Waals surface area contributed by atoms with Gasteiger partial charge in [-0.3, -0.25) is 0 Å². The Labute approximate surface area is 108 Å². The topological polar surface area (TPSA) is 36.4 Å². The number of hydrogen-bond acceptors (Lipinski definition) is 4. The van der Waals surface area contributed by atoms with Crippen molar-refractivity contribution in [3.8, 4) is 0 Å². The van der Waals surface area contributed by atoms with Crippen LogP contribution in [0.4, 0.5) is 0 Å². The van der Waals surface area contributed by atoms with Crippen molar-refractivity contribution in [2.24, 2.45) is 0 Å². The van der Waals surface area contributed by atoms with Gasteiger partial charge in [-0.2, -0.15) is 0 Å². The van der Waals surface area contributed by atoms with Crippen molar-refractivity contribution in [1.82, 2.24) is 9.88 Å². The molecular formula is C13H24N2OS. The van der Waals surface area contributed by atoms with E-state index in [4.69, 9.17) is 5.11 Å². The summed E-state index contributed by atoms with van der Waals surface area (Å²) in [4.78, 5) is 6.93. The summed E-state index contributed by atoms with van der Waals surface area (Å²) in [7, 11) is 2.13. The van der Waals surface area contributed by atoms with E-state index in [0.717, 1.165) is 32.4 Å². The van der Waals surface area contributed by atoms with E-state index < -0.39 is 0 Å². The van der Waals surface area contributed by atoms with Crippen LogP contribution in [0.3, 0.4) is 0 Å². The minimum atomic E-state index is 0.313. The fourth-order valence-electron chi connectivity index (χ4n) is 1.69. The Bertz CT molecular complexity index is 312. The average molecular weight is 256 g/mol. The number of aromatic nitrogens is 1. The quantitative estimate of drug-likeness (QED) is 0.727. The van der Waals surface area contributed by atoms with Crippen molar-refractivity contribution < 1.29 is 5.11 Å². The summed E-state index contributed by atoms with van der Waals surface area (Å²) in [6.07, 6.45) is 3.18. The van der Waals surface area contributed by atoms with Gasteiger partial charge in [0.25, 0.3) is 0 Å². The SMILES string of the molecule is CC(C)c1nc(CN(C)CCCCCO)cs1. The first kappa shape index (κ1) is 14.6. The summed E-state index contributed by atoms with van der Waals surface area (Å²) in [6, 6.07) is 0. The molecule has 1 heterocycles. The Morgan fingerprint density at radius 1 is 1.35 bits per heavy atom. The van der Waals surface area contributed by atoms with Gasteiger partial charge in [-0.15, -0.1) is 11.3 Å². The second-order valence-electron chi connectivity index (χ2n) is 4.85. The van der Waals surface area contributed by atoms with Crippen LogP contribution in [0.15, 0.2) is 5.38 Å². The van der Waals surface area contributed by atoms with Crippen molar-refractivity contribution >= 4 is 11.3 Å². The van der Waals surface area contributed by atoms with E-state index in [1.807, 2.05) is 0 Å². The third-order valence-corrected chi connectivity index (χ3v) is 3.89. The zero-order valence-electron chi connectivity index (χ0n) is 11.1. The molecule has 4 heteroatoms. The van der Waals surface area contributed by atoms with Crippen LogP contribution in [0, 0.1) is 0 Å². The molecule has 1 N–H and O–H groups in total. The van der Waals surface area contributed by atoms with Crippen molar-refractivity contribution in [2.75, 3.05) is 20.2 Å². The number of thiazole rings is 1. The second kappa shape index (κ2) is 7.80. The first-order valence-corrected chi connectivity index (χ1v) is 7.25. The third-order valence-electron chi connectivity index (χ3n) is 2.69. The maximum atomic E-state index is 8.70. The number of aliphatic hydroxyl groups excluding tert-OH is 1. The summed E-state index contributed by atoms with van der Waals surface area (Å²) < 4.78 is 0. The van der Waals surface area contributed by atoms with Crippen molar-refractivity contribution in [1.29, 1.82) is 0 Å². The Morgan fingerprint density at radius 3 is 2.71 bits per heavy atom. The van der Waals surface area contributed by atoms with Gasteiger partial charge >= 0.3 is 0 Å². The van der Waals surface area contributed by atoms with Gasteiger partial charge in [-0.1, -0.05) is 13.8 Å². The summed E-state index contributed by atoms with van der Waals surface area (Å²) in [5.74, 6) is 0.531. The van der Waals surface area contributed by atoms with Gasteiger partial charge in [0.05, 0.1) is 10.7 Å². The lowest BCUT2D eigenvalue weighted by molar-refractivity contribution is 0.270. The van der Waals surface area contributed by atoms with Crippen LogP contribution in [-0.2, 0) is 6.54 Å². The van der Waals surface area contributed by atoms with Crippen molar-refractivity contribution in [2.45, 2.75) is 45.6 Å². The number of rotatable bonds is 8. The molecule has 0 aliphatic rings. The first-order valence-electron chi connectivity index (χ1n) is 6.37. The molecule has 0 atom stereocenters. The highest BCUT2D eigenvalue weighted by molar-refractivity contribution is 7.09. The average Bonchev–Trinajstić information content (AvgIpc) is 2.73. The van der Waals surface area contributed by atoms with Gasteiger partial charge in [0, 0.05) is 24.4 Å². The third kappa shape index (κ3) is 5.61. The van der Waals surface area contributed by atoms with Gasteiger partial charge < -0.3 is 10.0 Å². The normalized spacial score (nSPS) is 11.6. The Balaban J connectivity index is 2.27. The molecule has 0 spiro atoms. The van der Waals surface area contributed by atoms with Gasteiger partial charge in [0.2, 0.25) is 0 Å². The molecule has 0 saturated heterocycles. The molecule has 0 saturated carbocycles. The highest BCUT2D eigenvalue weighted by Gasteiger charge is 2.07. The molecule has 0 radical (unpaired) electrons. The fraction of sp³-hybridized carbons (Fsp3) is 0.769. The van der Waals surface area contributed by atoms with Crippen LogP contribution in [0.25, 0.3) is 0 Å². The largest absolute Gasteiger partial charge is 0.396 e. The van der Waals surface area contributed by atoms with Crippen LogP contribution in [0.5, 0.6) is 0 Å². The molecule has 17 heavy (non-hydrogen) atoms. The van der Waals surface area contributed by atoms with Crippen LogP contribution in [-0.4, -0.2) is 35.2 Å². The maximum Gasteiger partial charge on any atom is 0.0954 e. The number of aliphatic hydroxyl groups is 1. The van der Waals surface area contributed by atoms with Gasteiger partial charge in [0.1, 0.15) is 0 Å². The van der Waals surface area contributed by atoms with Crippen LogP contribution >= 0.6 is 11.3 Å². The zero-order valence-corrected chi connectivity index (χ0v) is 12.0. The standard InChI is InChI=1S/C13H24N2OS/c1-11(2)13-14-12(10-17-13)9-15(3)7-5-4-6-8-16/h10-11,16H,4-9H2,1-3H3. The van der Waals surface area contributed by atoms with Crippen molar-refractivity contribution in [3.63, 3.8) is 0 Å². The molecule has 1 rings (SSSR count). The lowest BCUT2D eigenvalue weighted by Crippen LogP contribution is -2.19. The smallest absolute Gasteiger partial charge is 0.0954 e. The number of unbranched alkanes of at least 4 members (excludes halogenated alkanes) is 2. The van der Waals surface area contributed by atoms with E-state index in [2.05, 4.69) is 36.2 Å². The molecule has 0 bridgehead atoms. The molecule has 0 aliphatic carbocycles. The Kier molecular flexibility index (Phi) is 6.70. The lowest BCUT2D eigenvalue weighted by Gasteiger charge is -2.14. The molecule has 0 amide bonds. The summed E-state index contributed by atoms with van der Waals surface area (Å²) in [5.41, 5.74) is 1.18. The van der Waals surface area contributed by atoms with Crippen molar-refractivity contribution in [3.05, 3.63) is 16.1 Å². The molecule has 98 valence electrons. The van der Waals surface area contributed by atoms with Gasteiger partial charge in [0.15, 0.2) is 0 Å². The number of nitrogens with zero attached hydrogens (tertiary/aromatic N) is 2. The first-order chi connectivity index (χ1) is 8.13. The summed E-state index contributed by atoms with van der Waals surface area (Å²) >= 11 is 1.76. The molecule has 0 aromatic carbocycles. The minimum Gasteiger partial charge on any atom is -0.396 e. The predicted molar refractivity (Wildman–Crippen MR) is 73.5 cm³/mol. The van der Waals surface area contributed by atoms with E-state index in [1.165, 1.54) is 10.7 Å². The van der Waals surface area contributed by atoms with Crippen LogP contribution in [0.2, 0.25) is 0 Å². The molecule has 1 aromatic rings. The Morgan fingerprint density at radius 2 is 2.12 bits per heavy atom. The Hall–Kier alpha value is -0.450. The minimum absolute atomic E-state index is 0.313. The van der Waals surface area contributed by atoms with E-state index in [-0.39, 0.29) is 0 Å². The van der Waals surface area contributed by atoms with Crippen LogP contribution < -0.4 is 0 Å². The van der Waals surface area contributed by atoms with E-state index in [0.29, 0.717) is 12.5 Å². The van der Waals surface area contributed by atoms with Gasteiger partial charge in [-0.05, 0) is 32.9 Å². The van der Waals surface area contributed by atoms with E-state index in [1.54, 1.807) is 11.3 Å². The fourth-order valence-corrected chi connectivity index (χ4v) is 2.51. The monoisotopic (exact) mass is 256 g/mol. The molecule has 0 unspecified atom stereocenters. The summed E-state index contributed by atoms with van der Waals surface area (Å²) in [6.45, 7) is 6.69. The molecule has 0 fully saturated rings. The molecule has 1 aromatic heterocycles. The molecule has 0 aliphatic heterocycles. The molecular weight excluding hydrogens is 232 g/mol. The molecule has 3 nitrogen and oxygen atoms in total. The maximum absolute atomic E-state index is 8.70.